The molecule has 0 heterocycles. The molecule has 0 bridgehead atoms. The number of carbonyl (C=O) groups is 2. The zero-order valence-corrected chi connectivity index (χ0v) is 18.4. The second-order valence-electron chi connectivity index (χ2n) is 6.39. The number of likely N-dealkylation sites (N-methyl/N-ethyl adjacent to an activating group) is 1. The van der Waals surface area contributed by atoms with Crippen LogP contribution in [0.2, 0.25) is 0 Å². The van der Waals surface area contributed by atoms with E-state index in [0.717, 1.165) is 9.13 Å². The second kappa shape index (κ2) is 10.9. The lowest BCUT2D eigenvalue weighted by Crippen LogP contribution is -2.33. The molecule has 1 unspecified atom stereocenters. The molecule has 0 radical (unpaired) electrons. The first kappa shape index (κ1) is 22.0. The average molecular weight is 496 g/mol. The molecule has 0 saturated carbocycles. The fraction of sp³-hybridized carbons (Fsp3) is 0.333. The van der Waals surface area contributed by atoms with Gasteiger partial charge in [-0.2, -0.15) is 0 Å². The van der Waals surface area contributed by atoms with E-state index in [2.05, 4.69) is 27.9 Å². The summed E-state index contributed by atoms with van der Waals surface area (Å²) in [4.78, 5) is 25.6. The Hall–Kier alpha value is -2.29. The van der Waals surface area contributed by atoms with Crippen molar-refractivity contribution < 1.29 is 19.1 Å². The lowest BCUT2D eigenvalue weighted by Gasteiger charge is -2.21. The highest BCUT2D eigenvalue weighted by atomic mass is 127. The van der Waals surface area contributed by atoms with Crippen LogP contribution in [0.15, 0.2) is 48.5 Å². The van der Waals surface area contributed by atoms with Gasteiger partial charge in [0.05, 0.1) is 6.04 Å². The Balaban J connectivity index is 1.99. The van der Waals surface area contributed by atoms with Crippen LogP contribution in [0, 0.1) is 3.57 Å². The van der Waals surface area contributed by atoms with Crippen LogP contribution >= 0.6 is 22.6 Å². The Labute approximate surface area is 179 Å². The number of nitrogens with zero attached hydrogens (tertiary/aromatic N) is 1. The molecule has 2 aromatic rings. The molecule has 28 heavy (non-hydrogen) atoms. The minimum Gasteiger partial charge on any atom is -0.484 e. The Kier molecular flexibility index (Phi) is 8.56. The topological polar surface area (TPSA) is 67.9 Å². The first-order chi connectivity index (χ1) is 13.4. The van der Waals surface area contributed by atoms with Gasteiger partial charge in [0.25, 0.3) is 11.8 Å². The molecule has 0 aliphatic rings. The van der Waals surface area contributed by atoms with E-state index in [1.807, 2.05) is 49.4 Å². The number of nitrogens with one attached hydrogen (secondary N) is 1. The van der Waals surface area contributed by atoms with Gasteiger partial charge in [-0.25, -0.2) is 0 Å². The average Bonchev–Trinajstić information content (AvgIpc) is 2.70. The van der Waals surface area contributed by atoms with E-state index in [9.17, 15) is 9.59 Å². The molecule has 0 saturated heterocycles. The molecule has 2 amide bonds. The van der Waals surface area contributed by atoms with Gasteiger partial charge in [-0.1, -0.05) is 25.1 Å². The molecule has 2 rings (SSSR count). The van der Waals surface area contributed by atoms with Gasteiger partial charge in [0, 0.05) is 23.2 Å². The summed E-state index contributed by atoms with van der Waals surface area (Å²) in [6.45, 7) is 1.86. The second-order valence-corrected chi connectivity index (χ2v) is 7.63. The van der Waals surface area contributed by atoms with Crippen LogP contribution in [0.25, 0.3) is 0 Å². The molecule has 0 spiro atoms. The number of hydrogen-bond acceptors (Lipinski definition) is 4. The van der Waals surface area contributed by atoms with Crippen molar-refractivity contribution >= 4 is 34.4 Å². The predicted octanol–water partition coefficient (Wildman–Crippen LogP) is 3.40. The Bertz CT molecular complexity index is 793. The maximum Gasteiger partial charge on any atom is 0.259 e. The lowest BCUT2D eigenvalue weighted by molar-refractivity contribution is -0.130. The van der Waals surface area contributed by atoms with Gasteiger partial charge in [-0.05, 0) is 59.3 Å². The monoisotopic (exact) mass is 496 g/mol. The zero-order chi connectivity index (χ0) is 20.5. The van der Waals surface area contributed by atoms with E-state index in [1.165, 1.54) is 4.90 Å². The highest BCUT2D eigenvalue weighted by Crippen LogP contribution is 2.27. The normalized spacial score (nSPS) is 11.4. The first-order valence-corrected chi connectivity index (χ1v) is 10.1. The summed E-state index contributed by atoms with van der Waals surface area (Å²) < 4.78 is 12.3. The van der Waals surface area contributed by atoms with E-state index >= 15 is 0 Å². The highest BCUT2D eigenvalue weighted by molar-refractivity contribution is 14.1. The summed E-state index contributed by atoms with van der Waals surface area (Å²) in [5.41, 5.74) is 0.833. The van der Waals surface area contributed by atoms with Gasteiger partial charge in [0.1, 0.15) is 11.5 Å². The van der Waals surface area contributed by atoms with Crippen molar-refractivity contribution in [3.05, 3.63) is 57.7 Å². The summed E-state index contributed by atoms with van der Waals surface area (Å²) in [5.74, 6) is 0.889. The SMILES string of the molecule is CCC(NC(=O)COc1ccc(I)cc1)c1ccccc1OCC(=O)N(C)C. The van der Waals surface area contributed by atoms with E-state index in [-0.39, 0.29) is 31.1 Å². The third kappa shape index (κ3) is 6.70. The largest absolute Gasteiger partial charge is 0.484 e. The van der Waals surface area contributed by atoms with Crippen molar-refractivity contribution in [3.63, 3.8) is 0 Å². The molecule has 0 fully saturated rings. The van der Waals surface area contributed by atoms with E-state index in [0.29, 0.717) is 17.9 Å². The molecule has 0 aliphatic heterocycles. The van der Waals surface area contributed by atoms with Crippen molar-refractivity contribution in [2.24, 2.45) is 0 Å². The first-order valence-electron chi connectivity index (χ1n) is 9.00. The molecule has 6 nitrogen and oxygen atoms in total. The third-order valence-electron chi connectivity index (χ3n) is 4.07. The predicted molar refractivity (Wildman–Crippen MR) is 116 cm³/mol. The van der Waals surface area contributed by atoms with Crippen LogP contribution in [0.3, 0.4) is 0 Å². The van der Waals surface area contributed by atoms with E-state index < -0.39 is 0 Å². The molecule has 7 heteroatoms. The smallest absolute Gasteiger partial charge is 0.259 e. The van der Waals surface area contributed by atoms with Crippen LogP contribution < -0.4 is 14.8 Å². The number of halogens is 1. The Morgan fingerprint density at radius 3 is 2.36 bits per heavy atom. The van der Waals surface area contributed by atoms with Crippen molar-refractivity contribution in [1.29, 1.82) is 0 Å². The molecule has 0 aliphatic carbocycles. The summed E-state index contributed by atoms with van der Waals surface area (Å²) in [6.07, 6.45) is 0.678. The number of rotatable bonds is 9. The standard InChI is InChI=1S/C21H25IN2O4/c1-4-18(23-20(25)13-27-16-11-9-15(22)10-12-16)17-7-5-6-8-19(17)28-14-21(26)24(2)3/h5-12,18H,4,13-14H2,1-3H3,(H,23,25). The number of para-hydroxylation sites is 1. The fourth-order valence-corrected chi connectivity index (χ4v) is 2.84. The van der Waals surface area contributed by atoms with Crippen LogP contribution in [-0.4, -0.2) is 44.0 Å². The minimum atomic E-state index is -0.238. The molecule has 0 aromatic heterocycles. The van der Waals surface area contributed by atoms with Crippen LogP contribution in [0.1, 0.15) is 24.9 Å². The molecule has 150 valence electrons. The van der Waals surface area contributed by atoms with E-state index in [4.69, 9.17) is 9.47 Å². The summed E-state index contributed by atoms with van der Waals surface area (Å²) >= 11 is 2.21. The zero-order valence-electron chi connectivity index (χ0n) is 16.3. The number of ether oxygens (including phenoxy) is 2. The summed E-state index contributed by atoms with van der Waals surface area (Å²) in [5, 5.41) is 2.97. The summed E-state index contributed by atoms with van der Waals surface area (Å²) in [6, 6.07) is 14.7. The lowest BCUT2D eigenvalue weighted by atomic mass is 10.0. The number of hydrogen-bond donors (Lipinski definition) is 1. The highest BCUT2D eigenvalue weighted by Gasteiger charge is 2.18. The number of carbonyl (C=O) groups excluding carboxylic acids is 2. The van der Waals surface area contributed by atoms with E-state index in [1.54, 1.807) is 20.2 Å². The van der Waals surface area contributed by atoms with Gasteiger partial charge >= 0.3 is 0 Å². The Morgan fingerprint density at radius 2 is 1.71 bits per heavy atom. The maximum absolute atomic E-state index is 12.4. The van der Waals surface area contributed by atoms with Crippen molar-refractivity contribution in [3.8, 4) is 11.5 Å². The van der Waals surface area contributed by atoms with Crippen LogP contribution in [0.5, 0.6) is 11.5 Å². The van der Waals surface area contributed by atoms with Crippen molar-refractivity contribution in [2.45, 2.75) is 19.4 Å². The molecular weight excluding hydrogens is 471 g/mol. The van der Waals surface area contributed by atoms with Crippen LogP contribution in [0.4, 0.5) is 0 Å². The molecule has 1 atom stereocenters. The quantitative estimate of drug-likeness (QED) is 0.541. The Morgan fingerprint density at radius 1 is 1.04 bits per heavy atom. The van der Waals surface area contributed by atoms with Gasteiger partial charge in [-0.3, -0.25) is 9.59 Å². The molecular formula is C21H25IN2O4. The molecule has 2 aromatic carbocycles. The fourth-order valence-electron chi connectivity index (χ4n) is 2.48. The van der Waals surface area contributed by atoms with Gasteiger partial charge in [0.15, 0.2) is 13.2 Å². The minimum absolute atomic E-state index is 0.0513. The van der Waals surface area contributed by atoms with Gasteiger partial charge in [-0.15, -0.1) is 0 Å². The van der Waals surface area contributed by atoms with Crippen molar-refractivity contribution in [1.82, 2.24) is 10.2 Å². The van der Waals surface area contributed by atoms with Crippen molar-refractivity contribution in [2.75, 3.05) is 27.3 Å². The van der Waals surface area contributed by atoms with Gasteiger partial charge in [0.2, 0.25) is 0 Å². The summed E-state index contributed by atoms with van der Waals surface area (Å²) in [7, 11) is 3.36. The third-order valence-corrected chi connectivity index (χ3v) is 4.79. The van der Waals surface area contributed by atoms with Gasteiger partial charge < -0.3 is 19.7 Å². The number of benzene rings is 2. The maximum atomic E-state index is 12.4. The number of amides is 2. The van der Waals surface area contributed by atoms with Crippen LogP contribution in [-0.2, 0) is 9.59 Å². The molecule has 1 N–H and O–H groups in total.